The number of non-ortho nitro benzene ring substituents is 1. The van der Waals surface area contributed by atoms with Crippen LogP contribution < -0.4 is 5.32 Å². The molecule has 0 spiro atoms. The molecule has 0 atom stereocenters. The topological polar surface area (TPSA) is 84.7 Å². The SMILES string of the molecule is O=C(NCCN1CCOCC1)c1cc([N+](=O)[O-])ccc1F. The lowest BCUT2D eigenvalue weighted by molar-refractivity contribution is -0.384. The maximum atomic E-state index is 13.6. The molecule has 0 unspecified atom stereocenters. The van der Waals surface area contributed by atoms with Gasteiger partial charge in [-0.05, 0) is 6.07 Å². The number of nitro groups is 1. The van der Waals surface area contributed by atoms with Crippen molar-refractivity contribution in [3.8, 4) is 0 Å². The summed E-state index contributed by atoms with van der Waals surface area (Å²) in [6.07, 6.45) is 0. The fourth-order valence-electron chi connectivity index (χ4n) is 2.05. The Labute approximate surface area is 120 Å². The molecule has 0 aromatic heterocycles. The van der Waals surface area contributed by atoms with Crippen LogP contribution in [0.25, 0.3) is 0 Å². The van der Waals surface area contributed by atoms with Crippen LogP contribution in [0.1, 0.15) is 10.4 Å². The second kappa shape index (κ2) is 7.09. The van der Waals surface area contributed by atoms with Crippen LogP contribution in [0.15, 0.2) is 18.2 Å². The van der Waals surface area contributed by atoms with Gasteiger partial charge in [-0.15, -0.1) is 0 Å². The Balaban J connectivity index is 1.90. The molecule has 1 saturated heterocycles. The number of amides is 1. The zero-order valence-corrected chi connectivity index (χ0v) is 11.4. The third-order valence-corrected chi connectivity index (χ3v) is 3.22. The van der Waals surface area contributed by atoms with E-state index < -0.39 is 16.6 Å². The molecule has 114 valence electrons. The minimum absolute atomic E-state index is 0.310. The lowest BCUT2D eigenvalue weighted by atomic mass is 10.1. The minimum atomic E-state index is -0.774. The van der Waals surface area contributed by atoms with E-state index in [0.717, 1.165) is 31.3 Å². The number of hydrogen-bond donors (Lipinski definition) is 1. The van der Waals surface area contributed by atoms with Crippen LogP contribution in [0.4, 0.5) is 10.1 Å². The normalized spacial score (nSPS) is 15.7. The predicted octanol–water partition coefficient (Wildman–Crippen LogP) is 0.796. The van der Waals surface area contributed by atoms with E-state index in [2.05, 4.69) is 10.2 Å². The highest BCUT2D eigenvalue weighted by atomic mass is 19.1. The summed E-state index contributed by atoms with van der Waals surface area (Å²) in [5.41, 5.74) is -0.624. The summed E-state index contributed by atoms with van der Waals surface area (Å²) >= 11 is 0. The first-order valence-electron chi connectivity index (χ1n) is 6.60. The van der Waals surface area contributed by atoms with Crippen molar-refractivity contribution in [2.24, 2.45) is 0 Å². The fourth-order valence-corrected chi connectivity index (χ4v) is 2.05. The van der Waals surface area contributed by atoms with Crippen molar-refractivity contribution in [1.29, 1.82) is 0 Å². The summed E-state index contributed by atoms with van der Waals surface area (Å²) in [6, 6.07) is 2.90. The Morgan fingerprint density at radius 3 is 2.81 bits per heavy atom. The zero-order chi connectivity index (χ0) is 15.2. The van der Waals surface area contributed by atoms with Crippen LogP contribution in [-0.4, -0.2) is 55.1 Å². The van der Waals surface area contributed by atoms with Crippen LogP contribution >= 0.6 is 0 Å². The quantitative estimate of drug-likeness (QED) is 0.642. The van der Waals surface area contributed by atoms with Crippen molar-refractivity contribution in [2.75, 3.05) is 39.4 Å². The summed E-state index contributed by atoms with van der Waals surface area (Å²) in [7, 11) is 0. The van der Waals surface area contributed by atoms with E-state index in [-0.39, 0.29) is 11.3 Å². The van der Waals surface area contributed by atoms with Crippen molar-refractivity contribution in [2.45, 2.75) is 0 Å². The minimum Gasteiger partial charge on any atom is -0.379 e. The summed E-state index contributed by atoms with van der Waals surface area (Å²) in [5.74, 6) is -1.42. The van der Waals surface area contributed by atoms with Gasteiger partial charge in [0.2, 0.25) is 0 Å². The van der Waals surface area contributed by atoms with Gasteiger partial charge in [0.05, 0.1) is 23.7 Å². The number of nitrogens with zero attached hydrogens (tertiary/aromatic N) is 2. The van der Waals surface area contributed by atoms with Crippen molar-refractivity contribution in [3.05, 3.63) is 39.7 Å². The van der Waals surface area contributed by atoms with E-state index in [1.807, 2.05) is 0 Å². The summed E-state index contributed by atoms with van der Waals surface area (Å²) in [6.45, 7) is 3.88. The van der Waals surface area contributed by atoms with E-state index in [0.29, 0.717) is 26.3 Å². The Morgan fingerprint density at radius 2 is 2.14 bits per heavy atom. The molecular weight excluding hydrogens is 281 g/mol. The predicted molar refractivity (Wildman–Crippen MR) is 72.6 cm³/mol. The van der Waals surface area contributed by atoms with Gasteiger partial charge in [-0.25, -0.2) is 4.39 Å². The van der Waals surface area contributed by atoms with Crippen molar-refractivity contribution < 1.29 is 18.8 Å². The Morgan fingerprint density at radius 1 is 1.43 bits per heavy atom. The number of nitro benzene ring substituents is 1. The lowest BCUT2D eigenvalue weighted by Crippen LogP contribution is -2.41. The molecule has 0 aliphatic carbocycles. The number of rotatable bonds is 5. The van der Waals surface area contributed by atoms with Gasteiger partial charge in [0, 0.05) is 38.3 Å². The highest BCUT2D eigenvalue weighted by molar-refractivity contribution is 5.95. The molecule has 1 N–H and O–H groups in total. The average Bonchev–Trinajstić information content (AvgIpc) is 2.48. The molecule has 0 bridgehead atoms. The third kappa shape index (κ3) is 4.20. The van der Waals surface area contributed by atoms with Gasteiger partial charge in [-0.2, -0.15) is 0 Å². The fraction of sp³-hybridized carbons (Fsp3) is 0.462. The van der Waals surface area contributed by atoms with E-state index in [1.165, 1.54) is 0 Å². The smallest absolute Gasteiger partial charge is 0.270 e. The van der Waals surface area contributed by atoms with Crippen molar-refractivity contribution in [1.82, 2.24) is 10.2 Å². The molecule has 2 rings (SSSR count). The molecule has 8 heteroatoms. The highest BCUT2D eigenvalue weighted by Gasteiger charge is 2.17. The number of carbonyl (C=O) groups is 1. The number of ether oxygens (including phenoxy) is 1. The van der Waals surface area contributed by atoms with E-state index >= 15 is 0 Å². The molecule has 1 aliphatic rings. The van der Waals surface area contributed by atoms with Gasteiger partial charge in [0.1, 0.15) is 5.82 Å². The number of morpholine rings is 1. The molecule has 7 nitrogen and oxygen atoms in total. The monoisotopic (exact) mass is 297 g/mol. The molecular formula is C13H16FN3O4. The first kappa shape index (κ1) is 15.3. The van der Waals surface area contributed by atoms with Gasteiger partial charge in [0.15, 0.2) is 0 Å². The molecule has 1 heterocycles. The van der Waals surface area contributed by atoms with Gasteiger partial charge in [-0.3, -0.25) is 19.8 Å². The molecule has 1 amide bonds. The molecule has 0 saturated carbocycles. The third-order valence-electron chi connectivity index (χ3n) is 3.22. The highest BCUT2D eigenvalue weighted by Crippen LogP contribution is 2.16. The molecule has 0 radical (unpaired) electrons. The van der Waals surface area contributed by atoms with Gasteiger partial charge < -0.3 is 10.1 Å². The van der Waals surface area contributed by atoms with Crippen LogP contribution in [0.2, 0.25) is 0 Å². The lowest BCUT2D eigenvalue weighted by Gasteiger charge is -2.26. The molecule has 1 aromatic carbocycles. The number of halogens is 1. The number of benzene rings is 1. The maximum Gasteiger partial charge on any atom is 0.270 e. The van der Waals surface area contributed by atoms with Crippen LogP contribution in [-0.2, 0) is 4.74 Å². The molecule has 1 aromatic rings. The second-order valence-corrected chi connectivity index (χ2v) is 4.63. The largest absolute Gasteiger partial charge is 0.379 e. The van der Waals surface area contributed by atoms with E-state index in [1.54, 1.807) is 0 Å². The molecule has 21 heavy (non-hydrogen) atoms. The maximum absolute atomic E-state index is 13.6. The van der Waals surface area contributed by atoms with Crippen LogP contribution in [0.5, 0.6) is 0 Å². The van der Waals surface area contributed by atoms with Crippen molar-refractivity contribution in [3.63, 3.8) is 0 Å². The van der Waals surface area contributed by atoms with E-state index in [4.69, 9.17) is 4.74 Å². The summed E-state index contributed by atoms with van der Waals surface area (Å²) in [4.78, 5) is 24.0. The van der Waals surface area contributed by atoms with Crippen LogP contribution in [0, 0.1) is 15.9 Å². The number of nitrogens with one attached hydrogen (secondary N) is 1. The van der Waals surface area contributed by atoms with Gasteiger partial charge in [-0.1, -0.05) is 0 Å². The van der Waals surface area contributed by atoms with E-state index in [9.17, 15) is 19.3 Å². The Hall–Kier alpha value is -2.06. The van der Waals surface area contributed by atoms with Crippen LogP contribution in [0.3, 0.4) is 0 Å². The second-order valence-electron chi connectivity index (χ2n) is 4.63. The first-order valence-corrected chi connectivity index (χ1v) is 6.60. The molecule has 1 fully saturated rings. The Bertz CT molecular complexity index is 532. The first-order chi connectivity index (χ1) is 10.1. The summed E-state index contributed by atoms with van der Waals surface area (Å²) < 4.78 is 18.8. The zero-order valence-electron chi connectivity index (χ0n) is 11.4. The number of carbonyl (C=O) groups excluding carboxylic acids is 1. The molecule has 1 aliphatic heterocycles. The Kier molecular flexibility index (Phi) is 5.18. The average molecular weight is 297 g/mol. The summed E-state index contributed by atoms with van der Waals surface area (Å²) in [5, 5.41) is 13.2. The number of hydrogen-bond acceptors (Lipinski definition) is 5. The van der Waals surface area contributed by atoms with Gasteiger partial charge in [0.25, 0.3) is 11.6 Å². The van der Waals surface area contributed by atoms with Crippen molar-refractivity contribution >= 4 is 11.6 Å². The standard InChI is InChI=1S/C13H16FN3O4/c14-12-2-1-10(17(19)20)9-11(12)13(18)15-3-4-16-5-7-21-8-6-16/h1-2,9H,3-8H2,(H,15,18). The van der Waals surface area contributed by atoms with Gasteiger partial charge >= 0.3 is 0 Å².